The van der Waals surface area contributed by atoms with Crippen LogP contribution in [0.3, 0.4) is 0 Å². The van der Waals surface area contributed by atoms with Crippen LogP contribution in [0.4, 0.5) is 5.69 Å². The summed E-state index contributed by atoms with van der Waals surface area (Å²) in [4.78, 5) is 16.6. The number of aromatic nitrogens is 1. The molecule has 0 bridgehead atoms. The maximum absolute atomic E-state index is 10.0. The van der Waals surface area contributed by atoms with Crippen molar-refractivity contribution in [3.63, 3.8) is 0 Å². The summed E-state index contributed by atoms with van der Waals surface area (Å²) in [6.45, 7) is 1.27. The van der Waals surface area contributed by atoms with Crippen molar-refractivity contribution in [2.24, 2.45) is 4.99 Å². The number of rotatable bonds is 1. The predicted molar refractivity (Wildman–Crippen MR) is 41.9 cm³/mol. The third-order valence-corrected chi connectivity index (χ3v) is 1.97. The summed E-state index contributed by atoms with van der Waals surface area (Å²) in [5.74, 6) is 0. The van der Waals surface area contributed by atoms with Gasteiger partial charge in [-0.15, -0.1) is 0 Å². The minimum Gasteiger partial charge on any atom is -0.376 e. The molecule has 1 N–H and O–H groups in total. The first-order valence-electron chi connectivity index (χ1n) is 3.76. The zero-order chi connectivity index (χ0) is 8.39. The Labute approximate surface area is 69.3 Å². The standard InChI is InChI=1S/C8H8N2O2/c11-5-10-8-3-9-7-1-2-12-4-6(7)8/h3,9H,1-2,4H2. The summed E-state index contributed by atoms with van der Waals surface area (Å²) in [5, 5.41) is 0. The van der Waals surface area contributed by atoms with Gasteiger partial charge >= 0.3 is 0 Å². The first kappa shape index (κ1) is 7.28. The van der Waals surface area contributed by atoms with E-state index >= 15 is 0 Å². The Bertz CT molecular complexity index is 337. The van der Waals surface area contributed by atoms with Gasteiger partial charge in [0, 0.05) is 23.9 Å². The van der Waals surface area contributed by atoms with Gasteiger partial charge in [-0.2, -0.15) is 4.99 Å². The van der Waals surface area contributed by atoms with E-state index in [-0.39, 0.29) is 0 Å². The molecule has 1 aliphatic rings. The van der Waals surface area contributed by atoms with Gasteiger partial charge in [-0.25, -0.2) is 4.79 Å². The molecule has 0 aromatic carbocycles. The molecule has 1 aromatic rings. The lowest BCUT2D eigenvalue weighted by atomic mass is 10.1. The van der Waals surface area contributed by atoms with Crippen LogP contribution in [-0.4, -0.2) is 17.7 Å². The SMILES string of the molecule is O=C=Nc1c[nH]c2c1COCC2. The Morgan fingerprint density at radius 2 is 2.58 bits per heavy atom. The predicted octanol–water partition coefficient (Wildman–Crippen LogP) is 1.05. The average Bonchev–Trinajstić information content (AvgIpc) is 2.50. The highest BCUT2D eigenvalue weighted by Gasteiger charge is 2.14. The van der Waals surface area contributed by atoms with E-state index in [9.17, 15) is 4.79 Å². The van der Waals surface area contributed by atoms with E-state index in [4.69, 9.17) is 4.74 Å². The minimum atomic E-state index is 0.541. The molecule has 12 heavy (non-hydrogen) atoms. The Hall–Kier alpha value is -1.38. The van der Waals surface area contributed by atoms with Crippen molar-refractivity contribution in [2.45, 2.75) is 13.0 Å². The lowest BCUT2D eigenvalue weighted by molar-refractivity contribution is 0.110. The summed E-state index contributed by atoms with van der Waals surface area (Å²) in [5.41, 5.74) is 2.76. The van der Waals surface area contributed by atoms with Crippen LogP contribution in [0.5, 0.6) is 0 Å². The van der Waals surface area contributed by atoms with Gasteiger partial charge < -0.3 is 9.72 Å². The van der Waals surface area contributed by atoms with Crippen molar-refractivity contribution in [2.75, 3.05) is 6.61 Å². The van der Waals surface area contributed by atoms with Crippen molar-refractivity contribution >= 4 is 11.8 Å². The van der Waals surface area contributed by atoms with Gasteiger partial charge in [0.1, 0.15) is 0 Å². The average molecular weight is 164 g/mol. The molecule has 62 valence electrons. The van der Waals surface area contributed by atoms with Gasteiger partial charge in [0.25, 0.3) is 0 Å². The summed E-state index contributed by atoms with van der Waals surface area (Å²) in [6, 6.07) is 0. The number of carbonyl (C=O) groups excluding carboxylic acids is 1. The van der Waals surface area contributed by atoms with Crippen molar-refractivity contribution in [3.05, 3.63) is 17.5 Å². The fourth-order valence-electron chi connectivity index (χ4n) is 1.37. The fourth-order valence-corrected chi connectivity index (χ4v) is 1.37. The molecule has 0 unspecified atom stereocenters. The summed E-state index contributed by atoms with van der Waals surface area (Å²) >= 11 is 0. The summed E-state index contributed by atoms with van der Waals surface area (Å²) in [7, 11) is 0. The maximum Gasteiger partial charge on any atom is 0.240 e. The molecule has 4 heteroatoms. The van der Waals surface area contributed by atoms with E-state index in [0.29, 0.717) is 12.3 Å². The lowest BCUT2D eigenvalue weighted by Crippen LogP contribution is -2.08. The fraction of sp³-hybridized carbons (Fsp3) is 0.375. The smallest absolute Gasteiger partial charge is 0.240 e. The molecule has 2 heterocycles. The van der Waals surface area contributed by atoms with Gasteiger partial charge in [-0.1, -0.05) is 0 Å². The second kappa shape index (κ2) is 2.93. The number of hydrogen-bond donors (Lipinski definition) is 1. The van der Waals surface area contributed by atoms with E-state index in [2.05, 4.69) is 9.98 Å². The molecule has 1 aromatic heterocycles. The first-order valence-corrected chi connectivity index (χ1v) is 3.76. The number of aromatic amines is 1. The first-order chi connectivity index (χ1) is 5.92. The van der Waals surface area contributed by atoms with E-state index in [0.717, 1.165) is 24.3 Å². The number of aliphatic imine (C=N–C) groups is 1. The van der Waals surface area contributed by atoms with E-state index < -0.39 is 0 Å². The highest BCUT2D eigenvalue weighted by atomic mass is 16.5. The molecule has 4 nitrogen and oxygen atoms in total. The third kappa shape index (κ3) is 1.07. The van der Waals surface area contributed by atoms with Crippen molar-refractivity contribution < 1.29 is 9.53 Å². The maximum atomic E-state index is 10.0. The zero-order valence-electron chi connectivity index (χ0n) is 6.46. The molecule has 0 aliphatic carbocycles. The van der Waals surface area contributed by atoms with Crippen molar-refractivity contribution in [3.8, 4) is 0 Å². The topological polar surface area (TPSA) is 54.5 Å². The number of isocyanates is 1. The van der Waals surface area contributed by atoms with Crippen LogP contribution in [0.1, 0.15) is 11.3 Å². The zero-order valence-corrected chi connectivity index (χ0v) is 6.46. The molecular formula is C8H8N2O2. The van der Waals surface area contributed by atoms with Crippen LogP contribution >= 0.6 is 0 Å². The van der Waals surface area contributed by atoms with Gasteiger partial charge in [0.15, 0.2) is 0 Å². The Morgan fingerprint density at radius 3 is 3.42 bits per heavy atom. The Balaban J connectivity index is 2.44. The molecule has 1 aliphatic heterocycles. The molecule has 0 amide bonds. The number of fused-ring (bicyclic) bond motifs is 1. The molecule has 0 spiro atoms. The molecule has 0 fully saturated rings. The molecule has 0 saturated heterocycles. The van der Waals surface area contributed by atoms with Gasteiger partial charge in [-0.3, -0.25) is 0 Å². The van der Waals surface area contributed by atoms with Gasteiger partial charge in [0.05, 0.1) is 18.9 Å². The monoisotopic (exact) mass is 164 g/mol. The van der Waals surface area contributed by atoms with Crippen LogP contribution < -0.4 is 0 Å². The normalized spacial score (nSPS) is 15.0. The quantitative estimate of drug-likeness (QED) is 0.498. The van der Waals surface area contributed by atoms with E-state index in [1.165, 1.54) is 6.08 Å². The number of nitrogens with zero attached hydrogens (tertiary/aromatic N) is 1. The van der Waals surface area contributed by atoms with E-state index in [1.807, 2.05) is 0 Å². The van der Waals surface area contributed by atoms with Crippen molar-refractivity contribution in [1.82, 2.24) is 4.98 Å². The molecule has 0 atom stereocenters. The van der Waals surface area contributed by atoms with Crippen LogP contribution in [0, 0.1) is 0 Å². The minimum absolute atomic E-state index is 0.541. The van der Waals surface area contributed by atoms with Crippen molar-refractivity contribution in [1.29, 1.82) is 0 Å². The third-order valence-electron chi connectivity index (χ3n) is 1.97. The number of ether oxygens (including phenoxy) is 1. The highest BCUT2D eigenvalue weighted by molar-refractivity contribution is 5.55. The van der Waals surface area contributed by atoms with Crippen LogP contribution in [-0.2, 0) is 22.6 Å². The lowest BCUT2D eigenvalue weighted by Gasteiger charge is -2.11. The Kier molecular flexibility index (Phi) is 1.78. The molecule has 0 radical (unpaired) electrons. The number of H-pyrrole nitrogens is 1. The van der Waals surface area contributed by atoms with Crippen LogP contribution in [0.2, 0.25) is 0 Å². The van der Waals surface area contributed by atoms with Crippen LogP contribution in [0.25, 0.3) is 0 Å². The molecule has 0 saturated carbocycles. The number of hydrogen-bond acceptors (Lipinski definition) is 3. The number of nitrogens with one attached hydrogen (secondary N) is 1. The van der Waals surface area contributed by atoms with E-state index in [1.54, 1.807) is 6.20 Å². The second-order valence-corrected chi connectivity index (χ2v) is 2.64. The summed E-state index contributed by atoms with van der Waals surface area (Å²) in [6.07, 6.45) is 4.10. The van der Waals surface area contributed by atoms with Gasteiger partial charge in [-0.05, 0) is 0 Å². The Morgan fingerprint density at radius 1 is 1.67 bits per heavy atom. The molecular weight excluding hydrogens is 156 g/mol. The van der Waals surface area contributed by atoms with Crippen LogP contribution in [0.15, 0.2) is 11.2 Å². The summed E-state index contributed by atoms with van der Waals surface area (Å²) < 4.78 is 5.23. The molecule has 2 rings (SSSR count). The van der Waals surface area contributed by atoms with Gasteiger partial charge in [0.2, 0.25) is 6.08 Å². The largest absolute Gasteiger partial charge is 0.376 e. The second-order valence-electron chi connectivity index (χ2n) is 2.64. The highest BCUT2D eigenvalue weighted by Crippen LogP contribution is 2.26.